The highest BCUT2D eigenvalue weighted by Gasteiger charge is 2.32. The molecule has 2 rings (SSSR count). The number of nitrogens with zero attached hydrogens (tertiary/aromatic N) is 1. The molecule has 0 saturated carbocycles. The van der Waals surface area contributed by atoms with Crippen molar-refractivity contribution in [1.29, 1.82) is 0 Å². The molecule has 2 N–H and O–H groups in total. The molecule has 1 unspecified atom stereocenters. The third-order valence-electron chi connectivity index (χ3n) is 4.54. The van der Waals surface area contributed by atoms with Gasteiger partial charge in [-0.15, -0.1) is 0 Å². The molecule has 9 nitrogen and oxygen atoms in total. The Bertz CT molecular complexity index is 1200. The van der Waals surface area contributed by atoms with Crippen LogP contribution >= 0.6 is 0 Å². The molecule has 0 aliphatic rings. The van der Waals surface area contributed by atoms with Crippen molar-refractivity contribution in [2.75, 3.05) is 23.0 Å². The van der Waals surface area contributed by atoms with E-state index < -0.39 is 37.8 Å². The van der Waals surface area contributed by atoms with Gasteiger partial charge in [-0.2, -0.15) is 0 Å². The van der Waals surface area contributed by atoms with E-state index in [0.29, 0.717) is 0 Å². The minimum absolute atomic E-state index is 0.0557. The number of hydrogen-bond donors (Lipinski definition) is 2. The van der Waals surface area contributed by atoms with Gasteiger partial charge < -0.3 is 10.1 Å². The first-order chi connectivity index (χ1) is 15.3. The second-order valence-electron chi connectivity index (χ2n) is 7.59. The Kier molecular flexibility index (Phi) is 8.44. The normalized spacial score (nSPS) is 12.9. The van der Waals surface area contributed by atoms with E-state index in [-0.39, 0.29) is 34.5 Å². The van der Waals surface area contributed by atoms with Gasteiger partial charge in [0.15, 0.2) is 0 Å². The highest BCUT2D eigenvalue weighted by atomic mass is 32.2. The molecule has 2 aromatic rings. The molecule has 1 amide bonds. The molecule has 1 atom stereocenters. The van der Waals surface area contributed by atoms with E-state index >= 15 is 0 Å². The molecule has 0 bridgehead atoms. The number of rotatable bonds is 10. The summed E-state index contributed by atoms with van der Waals surface area (Å²) in [5.74, 6) is -1.08. The van der Waals surface area contributed by atoms with Gasteiger partial charge in [0.2, 0.25) is 26.0 Å². The number of sulfonamides is 2. The number of hydrogen-bond acceptors (Lipinski definition) is 6. The van der Waals surface area contributed by atoms with E-state index in [2.05, 4.69) is 10.0 Å². The zero-order valence-corrected chi connectivity index (χ0v) is 20.6. The number of amides is 1. The lowest BCUT2D eigenvalue weighted by molar-refractivity contribution is -0.117. The topological polar surface area (TPSA) is 122 Å². The van der Waals surface area contributed by atoms with Gasteiger partial charge in [0.25, 0.3) is 0 Å². The first kappa shape index (κ1) is 26.6. The monoisotopic (exact) mass is 501 g/mol. The number of ether oxygens (including phenoxy) is 1. The Morgan fingerprint density at radius 1 is 1.09 bits per heavy atom. The lowest BCUT2D eigenvalue weighted by atomic mass is 10.1. The fourth-order valence-corrected chi connectivity index (χ4v) is 5.68. The summed E-state index contributed by atoms with van der Waals surface area (Å²) >= 11 is 0. The SMILES string of the molecule is CCC(C(=O)Nc1cc(S(=O)(=O)NC(C)C)ccc1OC)N(c1ccc(F)cc1)S(C)(=O)=O. The predicted molar refractivity (Wildman–Crippen MR) is 125 cm³/mol. The molecule has 0 heterocycles. The van der Waals surface area contributed by atoms with Crippen molar-refractivity contribution < 1.29 is 30.8 Å². The maximum atomic E-state index is 13.4. The van der Waals surface area contributed by atoms with Gasteiger partial charge in [-0.1, -0.05) is 6.92 Å². The fourth-order valence-electron chi connectivity index (χ4n) is 3.19. The van der Waals surface area contributed by atoms with E-state index in [1.54, 1.807) is 20.8 Å². The van der Waals surface area contributed by atoms with Gasteiger partial charge in [0.1, 0.15) is 17.6 Å². The van der Waals surface area contributed by atoms with Crippen molar-refractivity contribution in [3.05, 3.63) is 48.3 Å². The number of carbonyl (C=O) groups is 1. The van der Waals surface area contributed by atoms with Crippen LogP contribution in [0.1, 0.15) is 27.2 Å². The molecule has 2 aromatic carbocycles. The summed E-state index contributed by atoms with van der Waals surface area (Å²) in [7, 11) is -6.43. The van der Waals surface area contributed by atoms with Crippen LogP contribution in [0.25, 0.3) is 0 Å². The van der Waals surface area contributed by atoms with Gasteiger partial charge in [-0.05, 0) is 62.7 Å². The van der Waals surface area contributed by atoms with Crippen molar-refractivity contribution in [3.63, 3.8) is 0 Å². The van der Waals surface area contributed by atoms with Crippen molar-refractivity contribution in [2.45, 2.75) is 44.2 Å². The van der Waals surface area contributed by atoms with Crippen LogP contribution in [0.4, 0.5) is 15.8 Å². The van der Waals surface area contributed by atoms with Gasteiger partial charge in [0.05, 0.1) is 29.6 Å². The molecule has 0 aliphatic carbocycles. The van der Waals surface area contributed by atoms with Gasteiger partial charge in [-0.3, -0.25) is 9.10 Å². The van der Waals surface area contributed by atoms with Crippen LogP contribution in [0.5, 0.6) is 5.75 Å². The quantitative estimate of drug-likeness (QED) is 0.516. The first-order valence-electron chi connectivity index (χ1n) is 10.1. The van der Waals surface area contributed by atoms with Crippen LogP contribution in [0.2, 0.25) is 0 Å². The molecule has 33 heavy (non-hydrogen) atoms. The summed E-state index contributed by atoms with van der Waals surface area (Å²) in [5, 5.41) is 2.58. The standard InChI is InChI=1S/C21H28FN3O6S2/c1-6-19(25(32(5,27)28)16-9-7-15(22)8-10-16)21(26)23-18-13-17(11-12-20(18)31-4)33(29,30)24-14(2)3/h7-14,19,24H,6H2,1-5H3,(H,23,26). The second-order valence-corrected chi connectivity index (χ2v) is 11.2. The Balaban J connectivity index is 2.47. The van der Waals surface area contributed by atoms with Gasteiger partial charge in [-0.25, -0.2) is 25.9 Å². The Morgan fingerprint density at radius 2 is 1.70 bits per heavy atom. The summed E-state index contributed by atoms with van der Waals surface area (Å²) < 4.78 is 72.1. The Labute approximate surface area is 194 Å². The zero-order chi connectivity index (χ0) is 25.0. The van der Waals surface area contributed by atoms with Crippen molar-refractivity contribution in [3.8, 4) is 5.75 Å². The van der Waals surface area contributed by atoms with Crippen molar-refractivity contribution in [1.82, 2.24) is 4.72 Å². The average Bonchev–Trinajstić information content (AvgIpc) is 2.70. The number of halogens is 1. The third-order valence-corrected chi connectivity index (χ3v) is 7.38. The minimum Gasteiger partial charge on any atom is -0.495 e. The van der Waals surface area contributed by atoms with Crippen LogP contribution in [0.3, 0.4) is 0 Å². The minimum atomic E-state index is -3.93. The van der Waals surface area contributed by atoms with Gasteiger partial charge >= 0.3 is 0 Å². The van der Waals surface area contributed by atoms with Crippen LogP contribution in [0, 0.1) is 5.82 Å². The smallest absolute Gasteiger partial charge is 0.248 e. The Morgan fingerprint density at radius 3 is 2.18 bits per heavy atom. The predicted octanol–water partition coefficient (Wildman–Crippen LogP) is 2.70. The molecule has 0 radical (unpaired) electrons. The summed E-state index contributed by atoms with van der Waals surface area (Å²) in [6, 6.07) is 7.13. The molecular formula is C21H28FN3O6S2. The summed E-state index contributed by atoms with van der Waals surface area (Å²) in [5.41, 5.74) is 0.172. The highest BCUT2D eigenvalue weighted by Crippen LogP contribution is 2.29. The fraction of sp³-hybridized carbons (Fsp3) is 0.381. The van der Waals surface area contributed by atoms with Crippen LogP contribution in [-0.4, -0.2) is 48.2 Å². The molecule has 0 fully saturated rings. The van der Waals surface area contributed by atoms with E-state index in [1.807, 2.05) is 0 Å². The van der Waals surface area contributed by atoms with E-state index in [0.717, 1.165) is 22.7 Å². The third kappa shape index (κ3) is 6.65. The largest absolute Gasteiger partial charge is 0.495 e. The van der Waals surface area contributed by atoms with Crippen LogP contribution < -0.4 is 19.1 Å². The molecule has 0 aliphatic heterocycles. The average molecular weight is 502 g/mol. The van der Waals surface area contributed by atoms with Crippen molar-refractivity contribution >= 4 is 37.3 Å². The summed E-state index contributed by atoms with van der Waals surface area (Å²) in [6.07, 6.45) is 1.03. The number of methoxy groups -OCH3 is 1. The van der Waals surface area contributed by atoms with Crippen LogP contribution in [0.15, 0.2) is 47.4 Å². The van der Waals surface area contributed by atoms with Gasteiger partial charge in [0, 0.05) is 6.04 Å². The maximum absolute atomic E-state index is 13.4. The molecule has 0 aromatic heterocycles. The molecular weight excluding hydrogens is 473 g/mol. The molecule has 0 spiro atoms. The lowest BCUT2D eigenvalue weighted by Crippen LogP contribution is -2.47. The molecule has 12 heteroatoms. The van der Waals surface area contributed by atoms with E-state index in [9.17, 15) is 26.0 Å². The zero-order valence-electron chi connectivity index (χ0n) is 19.0. The molecule has 182 valence electrons. The molecule has 0 saturated heterocycles. The number of anilines is 2. The van der Waals surface area contributed by atoms with E-state index in [1.165, 1.54) is 37.4 Å². The first-order valence-corrected chi connectivity index (χ1v) is 13.4. The number of nitrogens with one attached hydrogen (secondary N) is 2. The number of carbonyl (C=O) groups excluding carboxylic acids is 1. The van der Waals surface area contributed by atoms with Crippen molar-refractivity contribution in [2.24, 2.45) is 0 Å². The lowest BCUT2D eigenvalue weighted by Gasteiger charge is -2.30. The number of benzene rings is 2. The van der Waals surface area contributed by atoms with Crippen LogP contribution in [-0.2, 0) is 24.8 Å². The summed E-state index contributed by atoms with van der Waals surface area (Å²) in [6.45, 7) is 4.96. The summed E-state index contributed by atoms with van der Waals surface area (Å²) in [4.78, 5) is 13.1. The second kappa shape index (κ2) is 10.5. The highest BCUT2D eigenvalue weighted by molar-refractivity contribution is 7.92. The Hall–Kier alpha value is -2.70. The maximum Gasteiger partial charge on any atom is 0.248 e. The van der Waals surface area contributed by atoms with E-state index in [4.69, 9.17) is 4.74 Å².